The minimum atomic E-state index is 0.00957. The van der Waals surface area contributed by atoms with Crippen molar-refractivity contribution in [1.29, 1.82) is 0 Å². The normalized spacial score (nSPS) is 20.3. The molecular weight excluding hydrogens is 318 g/mol. The first-order chi connectivity index (χ1) is 12.2. The number of aromatic nitrogens is 4. The molecule has 1 aliphatic heterocycles. The number of hydrogen-bond acceptors (Lipinski definition) is 5. The predicted octanol–water partition coefficient (Wildman–Crippen LogP) is 1.12. The lowest BCUT2D eigenvalue weighted by atomic mass is 9.93. The number of nitrogens with zero attached hydrogens (tertiary/aromatic N) is 6. The van der Waals surface area contributed by atoms with E-state index in [-0.39, 0.29) is 12.1 Å². The van der Waals surface area contributed by atoms with Gasteiger partial charge in [0.1, 0.15) is 0 Å². The molecule has 3 heterocycles. The number of fused-ring (bicyclic) bond motifs is 1. The van der Waals surface area contributed by atoms with Gasteiger partial charge in [0, 0.05) is 56.9 Å². The summed E-state index contributed by atoms with van der Waals surface area (Å²) in [6.07, 6.45) is 8.48. The summed E-state index contributed by atoms with van der Waals surface area (Å²) in [5, 5.41) is 7.54. The molecule has 2 aromatic rings. The maximum absolute atomic E-state index is 12.7. The molecule has 4 rings (SSSR count). The number of hydrogen-bond donors (Lipinski definition) is 1. The first-order valence-electron chi connectivity index (χ1n) is 8.80. The SMILES string of the molecule is Cn1ncc2c1CCC[C@@H]2NC(=O)N1CCN(c2ncccn2)CC1. The number of carbonyl (C=O) groups excluding carboxylic acids is 1. The van der Waals surface area contributed by atoms with Crippen LogP contribution < -0.4 is 10.2 Å². The molecule has 0 unspecified atom stereocenters. The summed E-state index contributed by atoms with van der Waals surface area (Å²) in [5.74, 6) is 0.731. The van der Waals surface area contributed by atoms with Crippen LogP contribution in [0.4, 0.5) is 10.7 Å². The van der Waals surface area contributed by atoms with E-state index in [9.17, 15) is 4.79 Å². The minimum Gasteiger partial charge on any atom is -0.337 e. The van der Waals surface area contributed by atoms with E-state index >= 15 is 0 Å². The molecule has 0 saturated carbocycles. The van der Waals surface area contributed by atoms with Crippen LogP contribution in [-0.4, -0.2) is 56.9 Å². The highest BCUT2D eigenvalue weighted by atomic mass is 16.2. The van der Waals surface area contributed by atoms with Crippen molar-refractivity contribution in [2.45, 2.75) is 25.3 Å². The van der Waals surface area contributed by atoms with Gasteiger partial charge in [0.05, 0.1) is 12.2 Å². The Morgan fingerprint density at radius 1 is 1.20 bits per heavy atom. The average Bonchev–Trinajstić information content (AvgIpc) is 3.05. The molecule has 1 atom stereocenters. The van der Waals surface area contributed by atoms with E-state index in [2.05, 4.69) is 25.3 Å². The third kappa shape index (κ3) is 3.16. The molecule has 8 nitrogen and oxygen atoms in total. The van der Waals surface area contributed by atoms with Crippen LogP contribution in [-0.2, 0) is 13.5 Å². The van der Waals surface area contributed by atoms with Gasteiger partial charge in [-0.25, -0.2) is 14.8 Å². The number of urea groups is 1. The maximum atomic E-state index is 12.7. The third-order valence-corrected chi connectivity index (χ3v) is 5.08. The molecule has 25 heavy (non-hydrogen) atoms. The van der Waals surface area contributed by atoms with E-state index in [0.29, 0.717) is 13.1 Å². The highest BCUT2D eigenvalue weighted by molar-refractivity contribution is 5.75. The fraction of sp³-hybridized carbons (Fsp3) is 0.529. The van der Waals surface area contributed by atoms with Crippen molar-refractivity contribution in [2.24, 2.45) is 7.05 Å². The largest absolute Gasteiger partial charge is 0.337 e. The van der Waals surface area contributed by atoms with Gasteiger partial charge in [0.2, 0.25) is 5.95 Å². The molecule has 2 amide bonds. The molecule has 1 N–H and O–H groups in total. The van der Waals surface area contributed by atoms with Crippen molar-refractivity contribution in [2.75, 3.05) is 31.1 Å². The number of piperazine rings is 1. The standard InChI is InChI=1S/C17H23N7O/c1-22-15-5-2-4-14(13(15)12-20-22)21-17(25)24-10-8-23(9-11-24)16-18-6-3-7-19-16/h3,6-7,12,14H,2,4-5,8-11H2,1H3,(H,21,25)/t14-/m0/s1. The second-order valence-electron chi connectivity index (χ2n) is 6.59. The molecular formula is C17H23N7O. The van der Waals surface area contributed by atoms with Gasteiger partial charge < -0.3 is 15.1 Å². The molecule has 8 heteroatoms. The lowest BCUT2D eigenvalue weighted by Crippen LogP contribution is -2.52. The van der Waals surface area contributed by atoms with E-state index in [1.54, 1.807) is 12.4 Å². The zero-order valence-corrected chi connectivity index (χ0v) is 14.4. The van der Waals surface area contributed by atoms with Crippen LogP contribution in [0.15, 0.2) is 24.7 Å². The number of anilines is 1. The van der Waals surface area contributed by atoms with Gasteiger partial charge in [-0.1, -0.05) is 0 Å². The Labute approximate surface area is 146 Å². The van der Waals surface area contributed by atoms with Crippen molar-refractivity contribution in [3.8, 4) is 0 Å². The van der Waals surface area contributed by atoms with Gasteiger partial charge in [0.15, 0.2) is 0 Å². The Morgan fingerprint density at radius 3 is 2.72 bits per heavy atom. The summed E-state index contributed by atoms with van der Waals surface area (Å²) in [7, 11) is 1.97. The van der Waals surface area contributed by atoms with Crippen LogP contribution in [0.25, 0.3) is 0 Å². The van der Waals surface area contributed by atoms with Gasteiger partial charge in [-0.3, -0.25) is 4.68 Å². The quantitative estimate of drug-likeness (QED) is 0.885. The second-order valence-corrected chi connectivity index (χ2v) is 6.59. The van der Waals surface area contributed by atoms with E-state index in [1.807, 2.05) is 28.9 Å². The molecule has 132 valence electrons. The molecule has 0 aromatic carbocycles. The van der Waals surface area contributed by atoms with Crippen molar-refractivity contribution >= 4 is 12.0 Å². The molecule has 1 fully saturated rings. The van der Waals surface area contributed by atoms with Gasteiger partial charge in [-0.2, -0.15) is 5.10 Å². The summed E-state index contributed by atoms with van der Waals surface area (Å²) >= 11 is 0. The van der Waals surface area contributed by atoms with E-state index < -0.39 is 0 Å². The van der Waals surface area contributed by atoms with Gasteiger partial charge in [-0.05, 0) is 25.3 Å². The van der Waals surface area contributed by atoms with Crippen LogP contribution in [0.1, 0.15) is 30.1 Å². The van der Waals surface area contributed by atoms with Gasteiger partial charge in [-0.15, -0.1) is 0 Å². The highest BCUT2D eigenvalue weighted by Crippen LogP contribution is 2.29. The van der Waals surface area contributed by atoms with Crippen molar-refractivity contribution in [1.82, 2.24) is 30.0 Å². The predicted molar refractivity (Wildman–Crippen MR) is 93.2 cm³/mol. The number of amides is 2. The Hall–Kier alpha value is -2.64. The topological polar surface area (TPSA) is 79.2 Å². The molecule has 2 aromatic heterocycles. The first-order valence-corrected chi connectivity index (χ1v) is 8.80. The van der Waals surface area contributed by atoms with Crippen molar-refractivity contribution < 1.29 is 4.79 Å². The zero-order valence-electron chi connectivity index (χ0n) is 14.4. The summed E-state index contributed by atoms with van der Waals surface area (Å²) in [6.45, 7) is 2.86. The average molecular weight is 341 g/mol. The Kier molecular flexibility index (Phi) is 4.25. The highest BCUT2D eigenvalue weighted by Gasteiger charge is 2.28. The van der Waals surface area contributed by atoms with Crippen LogP contribution >= 0.6 is 0 Å². The van der Waals surface area contributed by atoms with E-state index in [1.165, 1.54) is 11.3 Å². The Balaban J connectivity index is 1.36. The Morgan fingerprint density at radius 2 is 1.96 bits per heavy atom. The van der Waals surface area contributed by atoms with Crippen molar-refractivity contribution in [3.63, 3.8) is 0 Å². The smallest absolute Gasteiger partial charge is 0.318 e. The fourth-order valence-electron chi connectivity index (χ4n) is 3.66. The van der Waals surface area contributed by atoms with Gasteiger partial charge >= 0.3 is 6.03 Å². The molecule has 0 spiro atoms. The number of aryl methyl sites for hydroxylation is 1. The summed E-state index contributed by atoms with van der Waals surface area (Å²) < 4.78 is 1.92. The van der Waals surface area contributed by atoms with Gasteiger partial charge in [0.25, 0.3) is 0 Å². The van der Waals surface area contributed by atoms with Crippen LogP contribution in [0, 0.1) is 0 Å². The maximum Gasteiger partial charge on any atom is 0.318 e. The molecule has 0 bridgehead atoms. The summed E-state index contributed by atoms with van der Waals surface area (Å²) in [5.41, 5.74) is 2.40. The monoisotopic (exact) mass is 341 g/mol. The summed E-state index contributed by atoms with van der Waals surface area (Å²) in [4.78, 5) is 25.2. The lowest BCUT2D eigenvalue weighted by molar-refractivity contribution is 0.188. The second kappa shape index (κ2) is 6.70. The minimum absolute atomic E-state index is 0.00957. The molecule has 0 radical (unpaired) electrons. The fourth-order valence-corrected chi connectivity index (χ4v) is 3.66. The Bertz CT molecular complexity index is 737. The number of nitrogens with one attached hydrogen (secondary N) is 1. The summed E-state index contributed by atoms with van der Waals surface area (Å²) in [6, 6.07) is 1.89. The van der Waals surface area contributed by atoms with Crippen molar-refractivity contribution in [3.05, 3.63) is 35.9 Å². The van der Waals surface area contributed by atoms with Crippen LogP contribution in [0.2, 0.25) is 0 Å². The number of rotatable bonds is 2. The number of carbonyl (C=O) groups is 1. The molecule has 2 aliphatic rings. The van der Waals surface area contributed by atoms with Crippen LogP contribution in [0.5, 0.6) is 0 Å². The molecule has 1 saturated heterocycles. The third-order valence-electron chi connectivity index (χ3n) is 5.08. The molecule has 1 aliphatic carbocycles. The van der Waals surface area contributed by atoms with E-state index in [4.69, 9.17) is 0 Å². The lowest BCUT2D eigenvalue weighted by Gasteiger charge is -2.35. The first kappa shape index (κ1) is 15.9. The van der Waals surface area contributed by atoms with Crippen LogP contribution in [0.3, 0.4) is 0 Å². The van der Waals surface area contributed by atoms with E-state index in [0.717, 1.165) is 38.3 Å². The zero-order chi connectivity index (χ0) is 17.2.